The fraction of sp³-hybridized carbons (Fsp3) is 0.364. The van der Waals surface area contributed by atoms with E-state index in [1.807, 2.05) is 26.8 Å². The summed E-state index contributed by atoms with van der Waals surface area (Å²) >= 11 is 5.25. The molecule has 0 saturated heterocycles. The Kier molecular flexibility index (Phi) is 12.6. The Morgan fingerprint density at radius 2 is 2.00 bits per heavy atom. The summed E-state index contributed by atoms with van der Waals surface area (Å²) < 4.78 is 0. The zero-order valence-electron chi connectivity index (χ0n) is 8.51. The predicted octanol–water partition coefficient (Wildman–Crippen LogP) is 3.86. The zero-order valence-corrected chi connectivity index (χ0v) is 9.27. The van der Waals surface area contributed by atoms with E-state index >= 15 is 0 Å². The Bertz CT molecular complexity index is 202. The molecule has 0 N–H and O–H groups in total. The summed E-state index contributed by atoms with van der Waals surface area (Å²) in [5.41, 5.74) is 0.475. The van der Waals surface area contributed by atoms with E-state index in [0.29, 0.717) is 5.57 Å². The Balaban J connectivity index is 0. The van der Waals surface area contributed by atoms with E-state index in [-0.39, 0.29) is 0 Å². The number of rotatable bonds is 4. The first-order valence-electron chi connectivity index (χ1n) is 4.41. The van der Waals surface area contributed by atoms with Crippen molar-refractivity contribution < 1.29 is 4.79 Å². The molecule has 0 aliphatic heterocycles. The maximum atomic E-state index is 10.6. The third-order valence-corrected chi connectivity index (χ3v) is 1.28. The van der Waals surface area contributed by atoms with Gasteiger partial charge in [0.25, 0.3) is 5.24 Å². The second-order valence-electron chi connectivity index (χ2n) is 1.94. The molecule has 74 valence electrons. The monoisotopic (exact) mass is 200 g/mol. The summed E-state index contributed by atoms with van der Waals surface area (Å²) in [6.07, 6.45) is 7.57. The molecule has 0 atom stereocenters. The van der Waals surface area contributed by atoms with Gasteiger partial charge in [-0.15, -0.1) is 0 Å². The van der Waals surface area contributed by atoms with E-state index in [4.69, 9.17) is 11.6 Å². The molecule has 0 heterocycles. The Morgan fingerprint density at radius 3 is 2.31 bits per heavy atom. The Morgan fingerprint density at radius 1 is 1.46 bits per heavy atom. The van der Waals surface area contributed by atoms with E-state index in [1.54, 1.807) is 12.2 Å². The van der Waals surface area contributed by atoms with Crippen LogP contribution in [0.3, 0.4) is 0 Å². The van der Waals surface area contributed by atoms with Crippen molar-refractivity contribution in [1.82, 2.24) is 0 Å². The smallest absolute Gasteiger partial charge is 0.252 e. The first-order valence-corrected chi connectivity index (χ1v) is 4.79. The molecule has 0 aliphatic rings. The van der Waals surface area contributed by atoms with Crippen LogP contribution in [0.5, 0.6) is 0 Å². The van der Waals surface area contributed by atoms with Crippen LogP contribution >= 0.6 is 11.6 Å². The molecular formula is C11H17ClO. The van der Waals surface area contributed by atoms with Crippen molar-refractivity contribution in [2.24, 2.45) is 0 Å². The molecule has 0 rings (SSSR count). The van der Waals surface area contributed by atoms with Crippen LogP contribution < -0.4 is 0 Å². The van der Waals surface area contributed by atoms with Gasteiger partial charge in [0.15, 0.2) is 0 Å². The van der Waals surface area contributed by atoms with Gasteiger partial charge < -0.3 is 0 Å². The molecular weight excluding hydrogens is 184 g/mol. The maximum Gasteiger partial charge on any atom is 0.252 e. The van der Waals surface area contributed by atoms with Crippen molar-refractivity contribution in [3.05, 3.63) is 36.5 Å². The summed E-state index contributed by atoms with van der Waals surface area (Å²) in [4.78, 5) is 10.6. The van der Waals surface area contributed by atoms with Gasteiger partial charge in [0.1, 0.15) is 0 Å². The van der Waals surface area contributed by atoms with Crippen LogP contribution in [0.1, 0.15) is 27.2 Å². The van der Waals surface area contributed by atoms with Gasteiger partial charge in [-0.3, -0.25) is 4.79 Å². The van der Waals surface area contributed by atoms with Gasteiger partial charge >= 0.3 is 0 Å². The number of carbonyl (C=O) groups excluding carboxylic acids is 1. The zero-order chi connectivity index (χ0) is 10.7. The van der Waals surface area contributed by atoms with Gasteiger partial charge in [0.2, 0.25) is 0 Å². The molecule has 0 aromatic carbocycles. The van der Waals surface area contributed by atoms with Crippen LogP contribution in [-0.4, -0.2) is 5.24 Å². The lowest BCUT2D eigenvalue weighted by molar-refractivity contribution is -0.108. The molecule has 0 fully saturated rings. The minimum Gasteiger partial charge on any atom is -0.276 e. The molecule has 2 heteroatoms. The van der Waals surface area contributed by atoms with Crippen LogP contribution in [0.25, 0.3) is 0 Å². The van der Waals surface area contributed by atoms with Gasteiger partial charge in [-0.05, 0) is 18.0 Å². The van der Waals surface area contributed by atoms with Crippen LogP contribution in [0.4, 0.5) is 0 Å². The van der Waals surface area contributed by atoms with Crippen molar-refractivity contribution in [1.29, 1.82) is 0 Å². The van der Waals surface area contributed by atoms with Crippen molar-refractivity contribution in [3.8, 4) is 0 Å². The van der Waals surface area contributed by atoms with E-state index in [1.165, 1.54) is 6.08 Å². The average molecular weight is 201 g/mol. The number of hydrogen-bond acceptors (Lipinski definition) is 1. The van der Waals surface area contributed by atoms with Gasteiger partial charge in [0.05, 0.1) is 0 Å². The summed E-state index contributed by atoms with van der Waals surface area (Å²) in [5.74, 6) is 0. The highest BCUT2D eigenvalue weighted by molar-refractivity contribution is 6.68. The van der Waals surface area contributed by atoms with Gasteiger partial charge in [-0.25, -0.2) is 0 Å². The topological polar surface area (TPSA) is 17.1 Å². The van der Waals surface area contributed by atoms with E-state index in [9.17, 15) is 4.79 Å². The molecule has 0 aliphatic carbocycles. The Hall–Kier alpha value is -0.820. The largest absolute Gasteiger partial charge is 0.276 e. The first-order chi connectivity index (χ1) is 6.22. The van der Waals surface area contributed by atoms with Crippen LogP contribution in [0.2, 0.25) is 0 Å². The molecule has 1 nitrogen and oxygen atoms in total. The quantitative estimate of drug-likeness (QED) is 0.383. The number of carbonyl (C=O) groups is 1. The standard InChI is InChI=1S/C9H11ClO.C2H6/c1-3-5-7-8(6-4-2)9(10)11;1-2/h4-7H,2-3H2,1H3;1-2H3/b7-5-,8-6+;. The molecule has 0 amide bonds. The van der Waals surface area contributed by atoms with Crippen molar-refractivity contribution >= 4 is 16.8 Å². The third-order valence-electron chi connectivity index (χ3n) is 1.06. The van der Waals surface area contributed by atoms with Crippen LogP contribution in [0.15, 0.2) is 36.5 Å². The summed E-state index contributed by atoms with van der Waals surface area (Å²) in [7, 11) is 0. The molecule has 0 aromatic rings. The lowest BCUT2D eigenvalue weighted by Gasteiger charge is -1.89. The molecule has 0 saturated carbocycles. The van der Waals surface area contributed by atoms with Crippen molar-refractivity contribution in [2.45, 2.75) is 27.2 Å². The minimum atomic E-state index is -0.449. The maximum absolute atomic E-state index is 10.6. The number of halogens is 1. The summed E-state index contributed by atoms with van der Waals surface area (Å²) in [6.45, 7) is 9.46. The number of allylic oxidation sites excluding steroid dienone is 5. The molecule has 0 unspecified atom stereocenters. The second-order valence-corrected chi connectivity index (χ2v) is 2.29. The van der Waals surface area contributed by atoms with Crippen molar-refractivity contribution in [2.75, 3.05) is 0 Å². The highest BCUT2D eigenvalue weighted by atomic mass is 35.5. The number of hydrogen-bond donors (Lipinski definition) is 0. The molecule has 0 aromatic heterocycles. The van der Waals surface area contributed by atoms with Crippen LogP contribution in [0, 0.1) is 0 Å². The summed E-state index contributed by atoms with van der Waals surface area (Å²) in [5, 5.41) is -0.449. The fourth-order valence-corrected chi connectivity index (χ4v) is 0.684. The first kappa shape index (κ1) is 14.7. The average Bonchev–Trinajstić information content (AvgIpc) is 2.15. The van der Waals surface area contributed by atoms with Gasteiger partial charge in [-0.1, -0.05) is 51.7 Å². The predicted molar refractivity (Wildman–Crippen MR) is 59.9 cm³/mol. The summed E-state index contributed by atoms with van der Waals surface area (Å²) in [6, 6.07) is 0. The van der Waals surface area contributed by atoms with Gasteiger partial charge in [-0.2, -0.15) is 0 Å². The lowest BCUT2D eigenvalue weighted by atomic mass is 10.2. The molecule has 13 heavy (non-hydrogen) atoms. The van der Waals surface area contributed by atoms with Gasteiger partial charge in [0, 0.05) is 5.57 Å². The van der Waals surface area contributed by atoms with Crippen molar-refractivity contribution in [3.63, 3.8) is 0 Å². The SMILES string of the molecule is C=C/C=C(\C=C/CC)C(=O)Cl.CC. The van der Waals surface area contributed by atoms with E-state index < -0.39 is 5.24 Å². The van der Waals surface area contributed by atoms with Crippen LogP contribution in [-0.2, 0) is 4.79 Å². The highest BCUT2D eigenvalue weighted by Gasteiger charge is 1.98. The van der Waals surface area contributed by atoms with E-state index in [0.717, 1.165) is 6.42 Å². The normalized spacial score (nSPS) is 10.6. The highest BCUT2D eigenvalue weighted by Crippen LogP contribution is 2.03. The molecule has 0 bridgehead atoms. The second kappa shape index (κ2) is 11.2. The van der Waals surface area contributed by atoms with E-state index in [2.05, 4.69) is 6.58 Å². The third kappa shape index (κ3) is 9.09. The fourth-order valence-electron chi connectivity index (χ4n) is 0.558. The minimum absolute atomic E-state index is 0.449. The lowest BCUT2D eigenvalue weighted by Crippen LogP contribution is -1.87. The Labute approximate surface area is 85.8 Å². The molecule has 0 spiro atoms. The molecule has 0 radical (unpaired) electrons.